The number of likely N-dealkylation sites (tertiary alicyclic amines) is 1. The Kier molecular flexibility index (Phi) is 7.79. The molecule has 1 aliphatic rings. The zero-order valence-corrected chi connectivity index (χ0v) is 19.7. The maximum absolute atomic E-state index is 13.1. The number of anilines is 1. The van der Waals surface area contributed by atoms with E-state index >= 15 is 0 Å². The minimum absolute atomic E-state index is 0.0613. The van der Waals surface area contributed by atoms with Gasteiger partial charge in [-0.2, -0.15) is 0 Å². The molecule has 3 aromatic rings. The number of rotatable bonds is 8. The number of para-hydroxylation sites is 1. The second-order valence-electron chi connectivity index (χ2n) is 8.98. The predicted octanol–water partition coefficient (Wildman–Crippen LogP) is 6.21. The Morgan fingerprint density at radius 1 is 1.00 bits per heavy atom. The first-order valence-corrected chi connectivity index (χ1v) is 12.0. The Morgan fingerprint density at radius 3 is 2.48 bits per heavy atom. The largest absolute Gasteiger partial charge is 0.497 e. The molecular weight excluding hydrogens is 408 g/mol. The lowest BCUT2D eigenvalue weighted by Gasteiger charge is -2.32. The smallest absolute Gasteiger partial charge is 0.227 e. The van der Waals surface area contributed by atoms with Crippen LogP contribution in [-0.4, -0.2) is 37.6 Å². The first-order valence-electron chi connectivity index (χ1n) is 12.0. The van der Waals surface area contributed by atoms with Crippen molar-refractivity contribution in [1.82, 2.24) is 4.90 Å². The molecule has 1 atom stereocenters. The molecule has 4 heteroatoms. The molecule has 4 rings (SSSR count). The van der Waals surface area contributed by atoms with Crippen LogP contribution in [0.1, 0.15) is 37.7 Å². The molecule has 1 amide bonds. The average Bonchev–Trinajstić information content (AvgIpc) is 2.88. The van der Waals surface area contributed by atoms with Gasteiger partial charge in [-0.05, 0) is 74.1 Å². The van der Waals surface area contributed by atoms with E-state index in [-0.39, 0.29) is 11.8 Å². The zero-order valence-electron chi connectivity index (χ0n) is 19.7. The predicted molar refractivity (Wildman–Crippen MR) is 136 cm³/mol. The highest BCUT2D eigenvalue weighted by Crippen LogP contribution is 2.31. The van der Waals surface area contributed by atoms with Crippen molar-refractivity contribution in [1.29, 1.82) is 0 Å². The van der Waals surface area contributed by atoms with Gasteiger partial charge in [-0.15, -0.1) is 0 Å². The fraction of sp³-hybridized carbons (Fsp3) is 0.345. The Hall–Kier alpha value is -3.11. The lowest BCUT2D eigenvalue weighted by atomic mass is 9.93. The summed E-state index contributed by atoms with van der Waals surface area (Å²) in [7, 11) is 1.67. The molecule has 1 unspecified atom stereocenters. The number of methoxy groups -OCH3 is 1. The number of nitrogens with one attached hydrogen (secondary N) is 1. The molecule has 3 aromatic carbocycles. The topological polar surface area (TPSA) is 41.6 Å². The second-order valence-corrected chi connectivity index (χ2v) is 8.98. The molecule has 0 spiro atoms. The third-order valence-corrected chi connectivity index (χ3v) is 6.77. The van der Waals surface area contributed by atoms with E-state index < -0.39 is 0 Å². The zero-order chi connectivity index (χ0) is 23.0. The molecule has 0 saturated carbocycles. The van der Waals surface area contributed by atoms with Gasteiger partial charge < -0.3 is 15.0 Å². The van der Waals surface area contributed by atoms with Crippen LogP contribution in [0.25, 0.3) is 11.1 Å². The molecule has 0 aromatic heterocycles. The SMILES string of the molecule is COc1cccc(-c2ccccc2NC(=O)C2CCN(CCC(C)c3ccccc3)CC2)c1. The van der Waals surface area contributed by atoms with E-state index in [4.69, 9.17) is 4.74 Å². The van der Waals surface area contributed by atoms with Gasteiger partial charge >= 0.3 is 0 Å². The minimum Gasteiger partial charge on any atom is -0.497 e. The van der Waals surface area contributed by atoms with Crippen molar-refractivity contribution >= 4 is 11.6 Å². The maximum Gasteiger partial charge on any atom is 0.227 e. The van der Waals surface area contributed by atoms with Gasteiger partial charge in [-0.3, -0.25) is 4.79 Å². The van der Waals surface area contributed by atoms with Crippen molar-refractivity contribution in [2.24, 2.45) is 5.92 Å². The normalized spacial score (nSPS) is 15.7. The van der Waals surface area contributed by atoms with Crippen LogP contribution in [0.2, 0.25) is 0 Å². The summed E-state index contributed by atoms with van der Waals surface area (Å²) in [6.07, 6.45) is 2.97. The summed E-state index contributed by atoms with van der Waals surface area (Å²) in [5.41, 5.74) is 4.31. The van der Waals surface area contributed by atoms with Crippen LogP contribution >= 0.6 is 0 Å². The highest BCUT2D eigenvalue weighted by Gasteiger charge is 2.25. The molecule has 1 saturated heterocycles. The third-order valence-electron chi connectivity index (χ3n) is 6.77. The van der Waals surface area contributed by atoms with Crippen LogP contribution in [0.15, 0.2) is 78.9 Å². The number of carbonyl (C=O) groups excluding carboxylic acids is 1. The third kappa shape index (κ3) is 6.02. The number of hydrogen-bond donors (Lipinski definition) is 1. The summed E-state index contributed by atoms with van der Waals surface area (Å²) in [6, 6.07) is 26.7. The summed E-state index contributed by atoms with van der Waals surface area (Å²) in [5, 5.41) is 3.20. The van der Waals surface area contributed by atoms with Gasteiger partial charge in [0.25, 0.3) is 0 Å². The summed E-state index contributed by atoms with van der Waals surface area (Å²) < 4.78 is 5.37. The van der Waals surface area contributed by atoms with Crippen LogP contribution < -0.4 is 10.1 Å². The molecule has 0 aliphatic carbocycles. The van der Waals surface area contributed by atoms with Gasteiger partial charge in [0.2, 0.25) is 5.91 Å². The van der Waals surface area contributed by atoms with E-state index in [1.807, 2.05) is 48.5 Å². The van der Waals surface area contributed by atoms with Crippen LogP contribution in [-0.2, 0) is 4.79 Å². The van der Waals surface area contributed by atoms with Crippen molar-refractivity contribution in [2.75, 3.05) is 32.1 Å². The average molecular weight is 443 g/mol. The molecule has 4 nitrogen and oxygen atoms in total. The maximum atomic E-state index is 13.1. The molecule has 0 radical (unpaired) electrons. The van der Waals surface area contributed by atoms with Gasteiger partial charge in [0.15, 0.2) is 0 Å². The Balaban J connectivity index is 1.31. The minimum atomic E-state index is 0.0613. The van der Waals surface area contributed by atoms with Crippen molar-refractivity contribution in [3.63, 3.8) is 0 Å². The number of ether oxygens (including phenoxy) is 1. The number of benzene rings is 3. The summed E-state index contributed by atoms with van der Waals surface area (Å²) in [4.78, 5) is 15.6. The van der Waals surface area contributed by atoms with E-state index in [0.717, 1.165) is 61.5 Å². The molecule has 1 aliphatic heterocycles. The lowest BCUT2D eigenvalue weighted by Crippen LogP contribution is -2.38. The second kappa shape index (κ2) is 11.2. The molecular formula is C29H34N2O2. The van der Waals surface area contributed by atoms with Gasteiger partial charge in [0.1, 0.15) is 5.75 Å². The van der Waals surface area contributed by atoms with Crippen LogP contribution in [0.5, 0.6) is 5.75 Å². The fourth-order valence-corrected chi connectivity index (χ4v) is 4.61. The van der Waals surface area contributed by atoms with Crippen molar-refractivity contribution < 1.29 is 9.53 Å². The Morgan fingerprint density at radius 2 is 1.73 bits per heavy atom. The molecule has 1 fully saturated rings. The van der Waals surface area contributed by atoms with Crippen LogP contribution in [0.3, 0.4) is 0 Å². The van der Waals surface area contributed by atoms with E-state index in [1.54, 1.807) is 7.11 Å². The van der Waals surface area contributed by atoms with E-state index in [0.29, 0.717) is 5.92 Å². The number of hydrogen-bond acceptors (Lipinski definition) is 3. The Labute approximate surface area is 197 Å². The number of nitrogens with zero attached hydrogens (tertiary/aromatic N) is 1. The molecule has 0 bridgehead atoms. The quantitative estimate of drug-likeness (QED) is 0.451. The molecule has 33 heavy (non-hydrogen) atoms. The van der Waals surface area contributed by atoms with Crippen molar-refractivity contribution in [2.45, 2.75) is 32.1 Å². The summed E-state index contributed by atoms with van der Waals surface area (Å²) in [5.74, 6) is 1.55. The standard InChI is InChI=1S/C29H34N2O2/c1-22(23-9-4-3-5-10-23)15-18-31-19-16-24(17-20-31)29(32)30-28-14-7-6-13-27(28)25-11-8-12-26(21-25)33-2/h3-14,21-22,24H,15-20H2,1-2H3,(H,30,32). The van der Waals surface area contributed by atoms with E-state index in [1.165, 1.54) is 5.56 Å². The Bertz CT molecular complexity index is 1040. The van der Waals surface area contributed by atoms with E-state index in [2.05, 4.69) is 47.5 Å². The van der Waals surface area contributed by atoms with Crippen LogP contribution in [0.4, 0.5) is 5.69 Å². The summed E-state index contributed by atoms with van der Waals surface area (Å²) in [6.45, 7) is 5.35. The molecule has 172 valence electrons. The first kappa shape index (κ1) is 23.1. The van der Waals surface area contributed by atoms with E-state index in [9.17, 15) is 4.79 Å². The molecule has 1 heterocycles. The number of amides is 1. The van der Waals surface area contributed by atoms with Crippen molar-refractivity contribution in [3.8, 4) is 16.9 Å². The highest BCUT2D eigenvalue weighted by atomic mass is 16.5. The van der Waals surface area contributed by atoms with Gasteiger partial charge in [-0.1, -0.05) is 67.6 Å². The number of piperidine rings is 1. The van der Waals surface area contributed by atoms with Gasteiger partial charge in [0.05, 0.1) is 7.11 Å². The van der Waals surface area contributed by atoms with Gasteiger partial charge in [-0.25, -0.2) is 0 Å². The van der Waals surface area contributed by atoms with Gasteiger partial charge in [0, 0.05) is 17.2 Å². The lowest BCUT2D eigenvalue weighted by molar-refractivity contribution is -0.121. The highest BCUT2D eigenvalue weighted by molar-refractivity contribution is 5.96. The fourth-order valence-electron chi connectivity index (χ4n) is 4.61. The van der Waals surface area contributed by atoms with Crippen molar-refractivity contribution in [3.05, 3.63) is 84.4 Å². The monoisotopic (exact) mass is 442 g/mol. The first-order chi connectivity index (χ1) is 16.1. The number of carbonyl (C=O) groups is 1. The van der Waals surface area contributed by atoms with Crippen LogP contribution in [0, 0.1) is 5.92 Å². The summed E-state index contributed by atoms with van der Waals surface area (Å²) >= 11 is 0. The molecule has 1 N–H and O–H groups in total.